The van der Waals surface area contributed by atoms with Gasteiger partial charge in [-0.05, 0) is 41.8 Å². The highest BCUT2D eigenvalue weighted by atomic mass is 79.9. The molecule has 2 amide bonds. The van der Waals surface area contributed by atoms with Crippen molar-refractivity contribution in [3.8, 4) is 0 Å². The van der Waals surface area contributed by atoms with Crippen molar-refractivity contribution in [2.24, 2.45) is 0 Å². The van der Waals surface area contributed by atoms with E-state index >= 15 is 0 Å². The minimum absolute atomic E-state index is 0.163. The van der Waals surface area contributed by atoms with Crippen LogP contribution in [0.4, 0.5) is 5.69 Å². The Labute approximate surface area is 234 Å². The molecule has 3 aromatic rings. The van der Waals surface area contributed by atoms with Gasteiger partial charge >= 0.3 is 0 Å². The van der Waals surface area contributed by atoms with Crippen molar-refractivity contribution < 1.29 is 18.0 Å². The third-order valence-electron chi connectivity index (χ3n) is 6.09. The molecule has 202 valence electrons. The van der Waals surface area contributed by atoms with E-state index in [0.29, 0.717) is 18.7 Å². The number of anilines is 1. The van der Waals surface area contributed by atoms with Crippen molar-refractivity contribution >= 4 is 43.5 Å². The highest BCUT2D eigenvalue weighted by Crippen LogP contribution is 2.22. The molecule has 0 unspecified atom stereocenters. The zero-order valence-electron chi connectivity index (χ0n) is 21.7. The Morgan fingerprint density at radius 2 is 1.47 bits per heavy atom. The van der Waals surface area contributed by atoms with Gasteiger partial charge in [-0.1, -0.05) is 89.9 Å². The zero-order chi connectivity index (χ0) is 27.5. The largest absolute Gasteiger partial charge is 0.354 e. The van der Waals surface area contributed by atoms with Gasteiger partial charge in [0.1, 0.15) is 12.6 Å². The summed E-state index contributed by atoms with van der Waals surface area (Å²) in [5.41, 5.74) is 2.12. The third-order valence-corrected chi connectivity index (χ3v) is 7.76. The molecule has 0 bridgehead atoms. The van der Waals surface area contributed by atoms with Crippen molar-refractivity contribution in [3.63, 3.8) is 0 Å². The van der Waals surface area contributed by atoms with E-state index in [1.54, 1.807) is 24.3 Å². The lowest BCUT2D eigenvalue weighted by molar-refractivity contribution is -0.140. The number of rotatable bonds is 13. The van der Waals surface area contributed by atoms with Crippen molar-refractivity contribution in [2.75, 3.05) is 23.7 Å². The standard InChI is InChI=1S/C29H34BrN3O4S/c1-3-4-19-31-29(35)27(20-23-11-7-5-8-12-23)32(21-24-13-9-6-10-14-24)28(34)22-33(38(2,36)37)26-17-15-25(30)16-18-26/h5-18,27H,3-4,19-22H2,1-2H3,(H,31,35)/t27-/m0/s1. The van der Waals surface area contributed by atoms with Crippen LogP contribution in [0.2, 0.25) is 0 Å². The second-order valence-electron chi connectivity index (χ2n) is 9.10. The molecule has 0 saturated heterocycles. The maximum Gasteiger partial charge on any atom is 0.244 e. The van der Waals surface area contributed by atoms with Gasteiger partial charge in [0.15, 0.2) is 0 Å². The summed E-state index contributed by atoms with van der Waals surface area (Å²) < 4.78 is 27.4. The van der Waals surface area contributed by atoms with Crippen LogP contribution in [0.1, 0.15) is 30.9 Å². The van der Waals surface area contributed by atoms with E-state index < -0.39 is 28.5 Å². The molecule has 3 rings (SSSR count). The van der Waals surface area contributed by atoms with Gasteiger partial charge < -0.3 is 10.2 Å². The number of nitrogens with zero attached hydrogens (tertiary/aromatic N) is 2. The van der Waals surface area contributed by atoms with Crippen LogP contribution in [0.5, 0.6) is 0 Å². The van der Waals surface area contributed by atoms with Crippen LogP contribution in [0, 0.1) is 0 Å². The monoisotopic (exact) mass is 599 g/mol. The van der Waals surface area contributed by atoms with Gasteiger partial charge in [0, 0.05) is 24.0 Å². The Hall–Kier alpha value is -3.17. The number of hydrogen-bond donors (Lipinski definition) is 1. The van der Waals surface area contributed by atoms with E-state index in [1.165, 1.54) is 4.90 Å². The first-order valence-corrected chi connectivity index (χ1v) is 15.2. The molecule has 0 aliphatic rings. The van der Waals surface area contributed by atoms with E-state index in [9.17, 15) is 18.0 Å². The number of sulfonamides is 1. The van der Waals surface area contributed by atoms with Crippen LogP contribution in [-0.2, 0) is 32.6 Å². The number of unbranched alkanes of at least 4 members (excludes halogenated alkanes) is 1. The van der Waals surface area contributed by atoms with Crippen LogP contribution in [0.3, 0.4) is 0 Å². The summed E-state index contributed by atoms with van der Waals surface area (Å²) >= 11 is 3.36. The summed E-state index contributed by atoms with van der Waals surface area (Å²) in [6, 6.07) is 24.8. The molecule has 3 aromatic carbocycles. The molecule has 0 radical (unpaired) electrons. The van der Waals surface area contributed by atoms with Crippen LogP contribution in [0.15, 0.2) is 89.4 Å². The summed E-state index contributed by atoms with van der Waals surface area (Å²) in [5.74, 6) is -0.727. The number of amides is 2. The number of carbonyl (C=O) groups is 2. The average Bonchev–Trinajstić information content (AvgIpc) is 2.90. The van der Waals surface area contributed by atoms with Crippen LogP contribution in [0.25, 0.3) is 0 Å². The molecular formula is C29H34BrN3O4S. The molecule has 0 aromatic heterocycles. The van der Waals surface area contributed by atoms with Gasteiger partial charge in [0.25, 0.3) is 0 Å². The first kappa shape index (κ1) is 29.4. The molecule has 1 N–H and O–H groups in total. The van der Waals surface area contributed by atoms with Crippen molar-refractivity contribution in [1.29, 1.82) is 0 Å². The molecule has 0 fully saturated rings. The molecule has 0 saturated carbocycles. The third kappa shape index (κ3) is 8.70. The minimum atomic E-state index is -3.78. The number of nitrogens with one attached hydrogen (secondary N) is 1. The maximum atomic E-state index is 13.9. The molecule has 0 heterocycles. The topological polar surface area (TPSA) is 86.8 Å². The van der Waals surface area contributed by atoms with Crippen molar-refractivity contribution in [3.05, 3.63) is 101 Å². The van der Waals surface area contributed by atoms with Crippen LogP contribution >= 0.6 is 15.9 Å². The van der Waals surface area contributed by atoms with Gasteiger partial charge in [0.2, 0.25) is 21.8 Å². The smallest absolute Gasteiger partial charge is 0.244 e. The molecule has 38 heavy (non-hydrogen) atoms. The number of hydrogen-bond acceptors (Lipinski definition) is 4. The number of halogens is 1. The fourth-order valence-corrected chi connectivity index (χ4v) is 5.18. The molecule has 1 atom stereocenters. The van der Waals surface area contributed by atoms with E-state index in [4.69, 9.17) is 0 Å². The zero-order valence-corrected chi connectivity index (χ0v) is 24.1. The predicted octanol–water partition coefficient (Wildman–Crippen LogP) is 4.77. The lowest BCUT2D eigenvalue weighted by Gasteiger charge is -2.33. The van der Waals surface area contributed by atoms with Gasteiger partial charge in [-0.3, -0.25) is 13.9 Å². The van der Waals surface area contributed by atoms with E-state index in [2.05, 4.69) is 21.2 Å². The average molecular weight is 601 g/mol. The Balaban J connectivity index is 2.00. The van der Waals surface area contributed by atoms with Gasteiger partial charge in [-0.25, -0.2) is 8.42 Å². The summed E-state index contributed by atoms with van der Waals surface area (Å²) in [7, 11) is -3.78. The van der Waals surface area contributed by atoms with Crippen LogP contribution in [-0.4, -0.2) is 50.5 Å². The van der Waals surface area contributed by atoms with Gasteiger partial charge in [-0.15, -0.1) is 0 Å². The maximum absolute atomic E-state index is 13.9. The molecule has 0 spiro atoms. The lowest BCUT2D eigenvalue weighted by Crippen LogP contribution is -2.53. The fraction of sp³-hybridized carbons (Fsp3) is 0.310. The SMILES string of the molecule is CCCCNC(=O)[C@H](Cc1ccccc1)N(Cc1ccccc1)C(=O)CN(c1ccc(Br)cc1)S(C)(=O)=O. The molecular weight excluding hydrogens is 566 g/mol. The molecule has 0 aliphatic heterocycles. The molecule has 9 heteroatoms. The second-order valence-corrected chi connectivity index (χ2v) is 11.9. The van der Waals surface area contributed by atoms with Crippen LogP contribution < -0.4 is 9.62 Å². The summed E-state index contributed by atoms with van der Waals surface area (Å²) in [5, 5.41) is 2.98. The Morgan fingerprint density at radius 3 is 2.03 bits per heavy atom. The highest BCUT2D eigenvalue weighted by molar-refractivity contribution is 9.10. The van der Waals surface area contributed by atoms with Crippen molar-refractivity contribution in [1.82, 2.24) is 10.2 Å². The normalized spacial score (nSPS) is 12.0. The summed E-state index contributed by atoms with van der Waals surface area (Å²) in [4.78, 5) is 28.9. The highest BCUT2D eigenvalue weighted by Gasteiger charge is 2.32. The number of carbonyl (C=O) groups excluding carboxylic acids is 2. The molecule has 0 aliphatic carbocycles. The Morgan fingerprint density at radius 1 is 0.895 bits per heavy atom. The second kappa shape index (κ2) is 14.1. The quantitative estimate of drug-likeness (QED) is 0.287. The van der Waals surface area contributed by atoms with Gasteiger partial charge in [0.05, 0.1) is 11.9 Å². The minimum Gasteiger partial charge on any atom is -0.354 e. The molecule has 7 nitrogen and oxygen atoms in total. The van der Waals surface area contributed by atoms with Crippen molar-refractivity contribution in [2.45, 2.75) is 38.8 Å². The van der Waals surface area contributed by atoms with E-state index in [-0.39, 0.29) is 12.5 Å². The summed E-state index contributed by atoms with van der Waals surface area (Å²) in [6.45, 7) is 2.28. The predicted molar refractivity (Wildman–Crippen MR) is 155 cm³/mol. The lowest BCUT2D eigenvalue weighted by atomic mass is 10.0. The fourth-order valence-electron chi connectivity index (χ4n) is 4.06. The van der Waals surface area contributed by atoms with E-state index in [1.807, 2.05) is 67.6 Å². The number of benzene rings is 3. The first-order chi connectivity index (χ1) is 18.2. The Bertz CT molecular complexity index is 1290. The Kier molecular flexibility index (Phi) is 10.9. The summed E-state index contributed by atoms with van der Waals surface area (Å²) in [6.07, 6.45) is 3.12. The van der Waals surface area contributed by atoms with E-state index in [0.717, 1.165) is 39.0 Å². The van der Waals surface area contributed by atoms with Gasteiger partial charge in [-0.2, -0.15) is 0 Å². The first-order valence-electron chi connectivity index (χ1n) is 12.6.